The fourth-order valence-corrected chi connectivity index (χ4v) is 1.44. The molecule has 1 fully saturated rings. The Morgan fingerprint density at radius 3 is 2.33 bits per heavy atom. The van der Waals surface area contributed by atoms with Crippen molar-refractivity contribution in [3.63, 3.8) is 0 Å². The van der Waals surface area contributed by atoms with Gasteiger partial charge in [-0.25, -0.2) is 0 Å². The maximum atomic E-state index is 11.6. The van der Waals surface area contributed by atoms with Crippen LogP contribution in [0.3, 0.4) is 0 Å². The van der Waals surface area contributed by atoms with E-state index in [1.54, 1.807) is 24.5 Å². The van der Waals surface area contributed by atoms with Crippen LogP contribution in [0.1, 0.15) is 13.8 Å². The molecule has 6 nitrogen and oxygen atoms in total. The molecule has 94 valence electrons. The normalized spacial score (nSPS) is 19.7. The first-order valence-corrected chi connectivity index (χ1v) is 5.38. The Morgan fingerprint density at radius 2 is 1.78 bits per heavy atom. The van der Waals surface area contributed by atoms with Crippen molar-refractivity contribution in [2.24, 2.45) is 10.9 Å². The highest BCUT2D eigenvalue weighted by molar-refractivity contribution is 6.10. The molecule has 2 rings (SSSR count). The number of rotatable bonds is 2. The van der Waals surface area contributed by atoms with E-state index in [0.717, 1.165) is 0 Å². The van der Waals surface area contributed by atoms with Crippen molar-refractivity contribution in [2.75, 3.05) is 0 Å². The standard InChI is InChI=1S/C12H12N2O4/c1-12(2)17-10(15)9(11(16)18-12)7-14-8-3-5-13-6-4-8/h3-7,9H,1-2H3. The van der Waals surface area contributed by atoms with Gasteiger partial charge in [-0.2, -0.15) is 0 Å². The van der Waals surface area contributed by atoms with Gasteiger partial charge in [-0.3, -0.25) is 19.6 Å². The second kappa shape index (κ2) is 4.56. The minimum absolute atomic E-state index is 0.593. The van der Waals surface area contributed by atoms with E-state index in [1.165, 1.54) is 20.1 Å². The van der Waals surface area contributed by atoms with E-state index in [-0.39, 0.29) is 0 Å². The number of carbonyl (C=O) groups is 2. The van der Waals surface area contributed by atoms with Crippen LogP contribution in [0.5, 0.6) is 0 Å². The van der Waals surface area contributed by atoms with Crippen molar-refractivity contribution in [1.29, 1.82) is 0 Å². The largest absolute Gasteiger partial charge is 0.422 e. The number of pyridine rings is 1. The van der Waals surface area contributed by atoms with Crippen LogP contribution >= 0.6 is 0 Å². The molecular weight excluding hydrogens is 236 g/mol. The maximum Gasteiger partial charge on any atom is 0.329 e. The van der Waals surface area contributed by atoms with Crippen molar-refractivity contribution in [3.05, 3.63) is 24.5 Å². The van der Waals surface area contributed by atoms with E-state index in [2.05, 4.69) is 9.98 Å². The summed E-state index contributed by atoms with van der Waals surface area (Å²) >= 11 is 0. The van der Waals surface area contributed by atoms with Crippen molar-refractivity contribution in [3.8, 4) is 0 Å². The van der Waals surface area contributed by atoms with Gasteiger partial charge in [0.2, 0.25) is 0 Å². The van der Waals surface area contributed by atoms with E-state index in [1.807, 2.05) is 0 Å². The molecule has 1 aliphatic rings. The summed E-state index contributed by atoms with van der Waals surface area (Å²) < 4.78 is 9.92. The first kappa shape index (κ1) is 12.2. The monoisotopic (exact) mass is 248 g/mol. The molecule has 1 aromatic heterocycles. The Labute approximate surface area is 104 Å². The molecule has 0 radical (unpaired) electrons. The SMILES string of the molecule is CC1(C)OC(=O)C(C=Nc2ccncc2)C(=O)O1. The van der Waals surface area contributed by atoms with E-state index in [0.29, 0.717) is 5.69 Å². The van der Waals surface area contributed by atoms with Gasteiger partial charge in [0.25, 0.3) is 5.79 Å². The van der Waals surface area contributed by atoms with Crippen LogP contribution in [0.25, 0.3) is 0 Å². The number of ether oxygens (including phenoxy) is 2. The number of carbonyl (C=O) groups excluding carboxylic acids is 2. The van der Waals surface area contributed by atoms with Gasteiger partial charge in [-0.05, 0) is 12.1 Å². The highest BCUT2D eigenvalue weighted by Crippen LogP contribution is 2.22. The lowest BCUT2D eigenvalue weighted by Crippen LogP contribution is -2.46. The highest BCUT2D eigenvalue weighted by atomic mass is 16.7. The summed E-state index contributed by atoms with van der Waals surface area (Å²) in [6, 6.07) is 3.31. The first-order chi connectivity index (χ1) is 8.48. The summed E-state index contributed by atoms with van der Waals surface area (Å²) in [6.07, 6.45) is 4.34. The van der Waals surface area contributed by atoms with Gasteiger partial charge in [0.15, 0.2) is 5.92 Å². The zero-order valence-corrected chi connectivity index (χ0v) is 9.99. The zero-order chi connectivity index (χ0) is 13.2. The highest BCUT2D eigenvalue weighted by Gasteiger charge is 2.42. The number of aliphatic imine (C=N–C) groups is 1. The van der Waals surface area contributed by atoms with Crippen LogP contribution in [0.2, 0.25) is 0 Å². The molecule has 0 unspecified atom stereocenters. The van der Waals surface area contributed by atoms with E-state index < -0.39 is 23.6 Å². The third-order valence-corrected chi connectivity index (χ3v) is 2.24. The third-order valence-electron chi connectivity index (χ3n) is 2.24. The quantitative estimate of drug-likeness (QED) is 0.447. The maximum absolute atomic E-state index is 11.6. The third kappa shape index (κ3) is 2.71. The predicted molar refractivity (Wildman–Crippen MR) is 62.1 cm³/mol. The summed E-state index contributed by atoms with van der Waals surface area (Å²) in [6.45, 7) is 3.00. The number of cyclic esters (lactones) is 2. The Balaban J connectivity index is 2.13. The lowest BCUT2D eigenvalue weighted by Gasteiger charge is -2.31. The average molecular weight is 248 g/mol. The van der Waals surface area contributed by atoms with Crippen molar-refractivity contribution >= 4 is 23.8 Å². The van der Waals surface area contributed by atoms with E-state index >= 15 is 0 Å². The van der Waals surface area contributed by atoms with Crippen LogP contribution in [0.15, 0.2) is 29.5 Å². The van der Waals surface area contributed by atoms with Crippen LogP contribution in [-0.2, 0) is 19.1 Å². The molecule has 2 heterocycles. The van der Waals surface area contributed by atoms with Crippen LogP contribution in [0.4, 0.5) is 5.69 Å². The summed E-state index contributed by atoms with van der Waals surface area (Å²) in [5.74, 6) is -3.65. The second-order valence-corrected chi connectivity index (χ2v) is 4.20. The lowest BCUT2D eigenvalue weighted by atomic mass is 10.1. The van der Waals surface area contributed by atoms with Crippen LogP contribution < -0.4 is 0 Å². The molecule has 1 aromatic rings. The number of hydrogen-bond donors (Lipinski definition) is 0. The van der Waals surface area contributed by atoms with E-state index in [4.69, 9.17) is 9.47 Å². The Kier molecular flexibility index (Phi) is 3.10. The molecule has 0 aromatic carbocycles. The van der Waals surface area contributed by atoms with Gasteiger partial charge in [0, 0.05) is 32.5 Å². The Bertz CT molecular complexity index is 476. The number of nitrogens with zero attached hydrogens (tertiary/aromatic N) is 2. The average Bonchev–Trinajstić information content (AvgIpc) is 2.27. The summed E-state index contributed by atoms with van der Waals surface area (Å²) in [4.78, 5) is 31.1. The summed E-state index contributed by atoms with van der Waals surface area (Å²) in [5, 5.41) is 0. The molecule has 0 N–H and O–H groups in total. The van der Waals surface area contributed by atoms with Gasteiger partial charge >= 0.3 is 11.9 Å². The zero-order valence-electron chi connectivity index (χ0n) is 9.99. The predicted octanol–water partition coefficient (Wildman–Crippen LogP) is 1.24. The fourth-order valence-electron chi connectivity index (χ4n) is 1.44. The molecule has 0 aliphatic carbocycles. The molecule has 0 bridgehead atoms. The summed E-state index contributed by atoms with van der Waals surface area (Å²) in [5.41, 5.74) is 0.593. The van der Waals surface area contributed by atoms with Crippen LogP contribution in [-0.4, -0.2) is 28.9 Å². The molecule has 1 aliphatic heterocycles. The van der Waals surface area contributed by atoms with Crippen molar-refractivity contribution in [2.45, 2.75) is 19.6 Å². The smallest absolute Gasteiger partial charge is 0.329 e. The molecule has 0 spiro atoms. The topological polar surface area (TPSA) is 77.9 Å². The minimum atomic E-state index is -1.21. The van der Waals surface area contributed by atoms with Gasteiger partial charge in [-0.15, -0.1) is 0 Å². The number of hydrogen-bond acceptors (Lipinski definition) is 6. The molecule has 0 atom stereocenters. The first-order valence-electron chi connectivity index (χ1n) is 5.38. The molecule has 6 heteroatoms. The molecule has 0 saturated carbocycles. The van der Waals surface area contributed by atoms with Crippen molar-refractivity contribution in [1.82, 2.24) is 4.98 Å². The molecule has 0 amide bonds. The molecule has 18 heavy (non-hydrogen) atoms. The lowest BCUT2D eigenvalue weighted by molar-refractivity contribution is -0.235. The Morgan fingerprint density at radius 1 is 1.22 bits per heavy atom. The van der Waals surface area contributed by atoms with Gasteiger partial charge in [0.05, 0.1) is 5.69 Å². The second-order valence-electron chi connectivity index (χ2n) is 4.20. The molecular formula is C12H12N2O4. The van der Waals surface area contributed by atoms with Crippen LogP contribution in [0, 0.1) is 5.92 Å². The molecule has 1 saturated heterocycles. The van der Waals surface area contributed by atoms with Gasteiger partial charge < -0.3 is 9.47 Å². The van der Waals surface area contributed by atoms with E-state index in [9.17, 15) is 9.59 Å². The minimum Gasteiger partial charge on any atom is -0.422 e. The number of aromatic nitrogens is 1. The number of esters is 2. The summed E-state index contributed by atoms with van der Waals surface area (Å²) in [7, 11) is 0. The van der Waals surface area contributed by atoms with Crippen molar-refractivity contribution < 1.29 is 19.1 Å². The fraction of sp³-hybridized carbons (Fsp3) is 0.333. The van der Waals surface area contributed by atoms with Gasteiger partial charge in [-0.1, -0.05) is 0 Å². The Hall–Kier alpha value is -2.24. The van der Waals surface area contributed by atoms with Gasteiger partial charge in [0.1, 0.15) is 0 Å².